The average Bonchev–Trinajstić information content (AvgIpc) is 2.12. The van der Waals surface area contributed by atoms with Crippen LogP contribution in [0.5, 0.6) is 0 Å². The fourth-order valence-corrected chi connectivity index (χ4v) is 0.618. The van der Waals surface area contributed by atoms with E-state index >= 15 is 0 Å². The van der Waals surface area contributed by atoms with Crippen LogP contribution in [-0.4, -0.2) is 97.9 Å². The van der Waals surface area contributed by atoms with E-state index in [1.165, 1.54) is 0 Å². The Hall–Kier alpha value is 0.430. The van der Waals surface area contributed by atoms with Crippen molar-refractivity contribution in [3.05, 3.63) is 0 Å². The fraction of sp³-hybridized carbons (Fsp3) is 0.833. The molecule has 82 valence electrons. The van der Waals surface area contributed by atoms with Crippen molar-refractivity contribution in [2.75, 3.05) is 6.61 Å². The van der Waals surface area contributed by atoms with E-state index in [2.05, 4.69) is 0 Å². The van der Waals surface area contributed by atoms with Gasteiger partial charge in [0.25, 0.3) is 0 Å². The van der Waals surface area contributed by atoms with E-state index in [0.717, 1.165) is 0 Å². The molecule has 0 saturated heterocycles. The number of aliphatic hydroxyl groups is 5. The first-order chi connectivity index (χ1) is 5.54. The second-order valence-electron chi connectivity index (χ2n) is 2.36. The van der Waals surface area contributed by atoms with Crippen molar-refractivity contribution in [1.29, 1.82) is 0 Å². The molecule has 0 fully saturated rings. The van der Waals surface area contributed by atoms with Crippen LogP contribution in [0.3, 0.4) is 0 Å². The number of carbonyl (C=O) groups excluding carboxylic acids is 1. The molecule has 0 saturated carbocycles. The van der Waals surface area contributed by atoms with Gasteiger partial charge >= 0.3 is 29.6 Å². The molecule has 8 heteroatoms. The predicted molar refractivity (Wildman–Crippen MR) is 47.9 cm³/mol. The number of rotatable bonds is 5. The van der Waals surface area contributed by atoms with Gasteiger partial charge in [-0.25, -0.2) is 0 Å². The molecule has 0 aromatic heterocycles. The average molecular weight is 222 g/mol. The van der Waals surface area contributed by atoms with Crippen molar-refractivity contribution < 1.29 is 35.8 Å². The molecule has 7 N–H and O–H groups in total. The van der Waals surface area contributed by atoms with Gasteiger partial charge < -0.3 is 35.8 Å². The number of aldehydes is 1. The Bertz CT molecular complexity index is 144. The first-order valence-corrected chi connectivity index (χ1v) is 3.33. The third kappa shape index (κ3) is 6.02. The first-order valence-electron chi connectivity index (χ1n) is 3.33. The SMILES string of the molecule is O.O=C[C@H](O)[C@@H](O)[C@H](O)[C@H](O)CO.[NaH]. The maximum absolute atomic E-state index is 9.90. The second kappa shape index (κ2) is 9.97. The molecule has 7 nitrogen and oxygen atoms in total. The van der Waals surface area contributed by atoms with Gasteiger partial charge in [-0.1, -0.05) is 0 Å². The van der Waals surface area contributed by atoms with Gasteiger partial charge in [-0.3, -0.25) is 0 Å². The van der Waals surface area contributed by atoms with E-state index in [9.17, 15) is 4.79 Å². The molecule has 0 aliphatic rings. The number of carbonyl (C=O) groups is 1. The van der Waals surface area contributed by atoms with Crippen LogP contribution in [-0.2, 0) is 4.79 Å². The first kappa shape index (κ1) is 19.9. The Morgan fingerprint density at radius 3 is 1.79 bits per heavy atom. The summed E-state index contributed by atoms with van der Waals surface area (Å²) >= 11 is 0. The summed E-state index contributed by atoms with van der Waals surface area (Å²) < 4.78 is 0. The van der Waals surface area contributed by atoms with E-state index in [0.29, 0.717) is 0 Å². The van der Waals surface area contributed by atoms with Gasteiger partial charge in [-0.05, 0) is 0 Å². The van der Waals surface area contributed by atoms with Crippen molar-refractivity contribution in [3.8, 4) is 0 Å². The Morgan fingerprint density at radius 2 is 1.50 bits per heavy atom. The van der Waals surface area contributed by atoms with Crippen LogP contribution in [0.25, 0.3) is 0 Å². The van der Waals surface area contributed by atoms with Gasteiger partial charge in [0.2, 0.25) is 0 Å². The number of hydrogen-bond acceptors (Lipinski definition) is 6. The van der Waals surface area contributed by atoms with Crippen molar-refractivity contribution in [1.82, 2.24) is 0 Å². The Labute approximate surface area is 103 Å². The third-order valence-electron chi connectivity index (χ3n) is 1.42. The van der Waals surface area contributed by atoms with Crippen LogP contribution in [0.15, 0.2) is 0 Å². The van der Waals surface area contributed by atoms with Crippen LogP contribution in [0, 0.1) is 0 Å². The second-order valence-corrected chi connectivity index (χ2v) is 2.36. The molecule has 0 rings (SSSR count). The summed E-state index contributed by atoms with van der Waals surface area (Å²) in [5.41, 5.74) is 0. The predicted octanol–water partition coefficient (Wildman–Crippen LogP) is -4.85. The summed E-state index contributed by atoms with van der Waals surface area (Å²) in [7, 11) is 0. The van der Waals surface area contributed by atoms with Crippen LogP contribution in [0.1, 0.15) is 0 Å². The summed E-state index contributed by atoms with van der Waals surface area (Å²) in [5, 5.41) is 43.5. The molecular weight excluding hydrogens is 207 g/mol. The van der Waals surface area contributed by atoms with Gasteiger partial charge in [0, 0.05) is 0 Å². The van der Waals surface area contributed by atoms with Crippen LogP contribution in [0.2, 0.25) is 0 Å². The molecule has 0 spiro atoms. The van der Waals surface area contributed by atoms with Crippen molar-refractivity contribution in [3.63, 3.8) is 0 Å². The fourth-order valence-electron chi connectivity index (χ4n) is 0.618. The molecule has 14 heavy (non-hydrogen) atoms. The molecule has 4 atom stereocenters. The van der Waals surface area contributed by atoms with Crippen LogP contribution < -0.4 is 0 Å². The zero-order valence-corrected chi connectivity index (χ0v) is 6.74. The van der Waals surface area contributed by atoms with E-state index in [1.54, 1.807) is 0 Å². The van der Waals surface area contributed by atoms with Gasteiger partial charge in [-0.15, -0.1) is 0 Å². The standard InChI is InChI=1S/C6H12O6.Na.H2O.H/c7-1-3(9)5(11)6(12)4(10)2-8;;;/h1,3-6,8-12H,2H2;;1H2;/t3-,4+,5+,6+;;;/m0.../s1. The third-order valence-corrected chi connectivity index (χ3v) is 1.42. The summed E-state index contributed by atoms with van der Waals surface area (Å²) in [6.07, 6.45) is -6.84. The molecule has 0 unspecified atom stereocenters. The molecule has 0 aliphatic heterocycles. The quantitative estimate of drug-likeness (QED) is 0.232. The van der Waals surface area contributed by atoms with Gasteiger partial charge in [0.05, 0.1) is 6.61 Å². The molecule has 0 aromatic rings. The monoisotopic (exact) mass is 222 g/mol. The molecule has 0 amide bonds. The molecule has 0 radical (unpaired) electrons. The Balaban J connectivity index is -0.000000605. The number of hydrogen-bond donors (Lipinski definition) is 5. The van der Waals surface area contributed by atoms with E-state index < -0.39 is 31.0 Å². The van der Waals surface area contributed by atoms with Gasteiger partial charge in [0.1, 0.15) is 24.4 Å². The van der Waals surface area contributed by atoms with Crippen molar-refractivity contribution >= 4 is 35.8 Å². The summed E-state index contributed by atoms with van der Waals surface area (Å²) in [6, 6.07) is 0. The molecule has 0 aliphatic carbocycles. The minimum atomic E-state index is -1.79. The Morgan fingerprint density at radius 1 is 1.07 bits per heavy atom. The topological polar surface area (TPSA) is 150 Å². The zero-order valence-electron chi connectivity index (χ0n) is 6.74. The normalized spacial score (nSPS) is 18.1. The minimum absolute atomic E-state index is 0. The maximum atomic E-state index is 9.90. The van der Waals surface area contributed by atoms with Crippen LogP contribution >= 0.6 is 0 Å². The van der Waals surface area contributed by atoms with Gasteiger partial charge in [0.15, 0.2) is 6.29 Å². The van der Waals surface area contributed by atoms with E-state index in [4.69, 9.17) is 25.5 Å². The molecule has 0 bridgehead atoms. The number of aliphatic hydroxyl groups excluding tert-OH is 5. The van der Waals surface area contributed by atoms with Crippen molar-refractivity contribution in [2.45, 2.75) is 24.4 Å². The molecular formula is C6H15NaO7. The molecule has 0 heterocycles. The van der Waals surface area contributed by atoms with E-state index in [1.807, 2.05) is 0 Å². The van der Waals surface area contributed by atoms with E-state index in [-0.39, 0.29) is 41.3 Å². The van der Waals surface area contributed by atoms with Crippen molar-refractivity contribution in [2.24, 2.45) is 0 Å². The summed E-state index contributed by atoms with van der Waals surface area (Å²) in [5.74, 6) is 0. The summed E-state index contributed by atoms with van der Waals surface area (Å²) in [4.78, 5) is 9.90. The zero-order chi connectivity index (χ0) is 9.72. The van der Waals surface area contributed by atoms with Gasteiger partial charge in [-0.2, -0.15) is 0 Å². The van der Waals surface area contributed by atoms with Crippen LogP contribution in [0.4, 0.5) is 0 Å². The molecule has 0 aromatic carbocycles. The Kier molecular flexibility index (Phi) is 14.2. The summed E-state index contributed by atoms with van der Waals surface area (Å²) in [6.45, 7) is -0.760.